The van der Waals surface area contributed by atoms with Crippen LogP contribution < -0.4 is 5.32 Å². The highest BCUT2D eigenvalue weighted by atomic mass is 35.5. The second kappa shape index (κ2) is 6.28. The first-order chi connectivity index (χ1) is 10.2. The van der Waals surface area contributed by atoms with E-state index in [4.69, 9.17) is 11.6 Å². The molecule has 6 heteroatoms. The van der Waals surface area contributed by atoms with Gasteiger partial charge >= 0.3 is 0 Å². The van der Waals surface area contributed by atoms with Gasteiger partial charge in [-0.15, -0.1) is 11.3 Å². The molecule has 0 aliphatic carbocycles. The minimum Gasteiger partial charge on any atom is -0.351 e. The van der Waals surface area contributed by atoms with Crippen LogP contribution in [-0.2, 0) is 6.54 Å². The Morgan fingerprint density at radius 1 is 1.29 bits per heavy atom. The van der Waals surface area contributed by atoms with Crippen LogP contribution in [0.3, 0.4) is 0 Å². The quantitative estimate of drug-likeness (QED) is 0.731. The molecule has 0 bridgehead atoms. The Bertz CT molecular complexity index is 765. The second-order valence-electron chi connectivity index (χ2n) is 4.64. The fourth-order valence-corrected chi connectivity index (χ4v) is 3.12. The van der Waals surface area contributed by atoms with Gasteiger partial charge in [-0.1, -0.05) is 23.7 Å². The van der Waals surface area contributed by atoms with Crippen LogP contribution in [0.4, 0.5) is 0 Å². The van der Waals surface area contributed by atoms with Crippen molar-refractivity contribution in [1.82, 2.24) is 14.9 Å². The average molecular weight is 320 g/mol. The van der Waals surface area contributed by atoms with Crippen molar-refractivity contribution < 1.29 is 4.79 Å². The largest absolute Gasteiger partial charge is 0.351 e. The van der Waals surface area contributed by atoms with Gasteiger partial charge in [0, 0.05) is 13.1 Å². The minimum absolute atomic E-state index is 0.0672. The van der Waals surface area contributed by atoms with Crippen LogP contribution >= 0.6 is 22.9 Å². The molecule has 1 aromatic carbocycles. The second-order valence-corrected chi connectivity index (χ2v) is 6.35. The number of imidazole rings is 1. The lowest BCUT2D eigenvalue weighted by Crippen LogP contribution is -2.24. The van der Waals surface area contributed by atoms with E-state index in [9.17, 15) is 4.79 Å². The van der Waals surface area contributed by atoms with E-state index in [0.717, 1.165) is 24.0 Å². The number of nitrogens with zero attached hydrogens (tertiary/aromatic N) is 2. The molecule has 0 radical (unpaired) electrons. The molecule has 0 unspecified atom stereocenters. The average Bonchev–Trinajstić information content (AvgIpc) is 3.10. The van der Waals surface area contributed by atoms with Crippen molar-refractivity contribution >= 4 is 39.9 Å². The highest BCUT2D eigenvalue weighted by Crippen LogP contribution is 2.21. The zero-order valence-electron chi connectivity index (χ0n) is 11.3. The maximum Gasteiger partial charge on any atom is 0.261 e. The zero-order chi connectivity index (χ0) is 14.7. The van der Waals surface area contributed by atoms with Crippen LogP contribution in [-0.4, -0.2) is 22.0 Å². The van der Waals surface area contributed by atoms with Crippen LogP contribution in [0.5, 0.6) is 0 Å². The fraction of sp³-hybridized carbons (Fsp3) is 0.200. The van der Waals surface area contributed by atoms with Gasteiger partial charge in [-0.05, 0) is 30.7 Å². The molecule has 0 saturated carbocycles. The lowest BCUT2D eigenvalue weighted by Gasteiger charge is -2.05. The number of fused-ring (bicyclic) bond motifs is 1. The zero-order valence-corrected chi connectivity index (χ0v) is 12.8. The first-order valence-electron chi connectivity index (χ1n) is 6.67. The molecule has 108 valence electrons. The van der Waals surface area contributed by atoms with Crippen molar-refractivity contribution in [3.8, 4) is 0 Å². The normalized spacial score (nSPS) is 10.9. The van der Waals surface area contributed by atoms with Crippen molar-refractivity contribution in [2.45, 2.75) is 13.0 Å². The Hall–Kier alpha value is -1.85. The molecular formula is C15H14ClN3OS. The number of carbonyl (C=O) groups is 1. The van der Waals surface area contributed by atoms with Gasteiger partial charge in [0.1, 0.15) is 0 Å². The summed E-state index contributed by atoms with van der Waals surface area (Å²) in [5.74, 6) is -0.0672. The maximum absolute atomic E-state index is 11.9. The molecule has 1 N–H and O–H groups in total. The summed E-state index contributed by atoms with van der Waals surface area (Å²) in [5, 5.41) is 2.90. The van der Waals surface area contributed by atoms with Crippen LogP contribution in [0.25, 0.3) is 11.0 Å². The third-order valence-corrected chi connectivity index (χ3v) is 4.42. The summed E-state index contributed by atoms with van der Waals surface area (Å²) in [7, 11) is 0. The molecular weight excluding hydrogens is 306 g/mol. The molecule has 3 rings (SSSR count). The molecule has 0 saturated heterocycles. The summed E-state index contributed by atoms with van der Waals surface area (Å²) in [6, 6.07) is 11.5. The van der Waals surface area contributed by atoms with Gasteiger partial charge < -0.3 is 9.88 Å². The van der Waals surface area contributed by atoms with Crippen LogP contribution in [0.15, 0.2) is 42.7 Å². The Kier molecular flexibility index (Phi) is 4.22. The number of hydrogen-bond acceptors (Lipinski definition) is 3. The van der Waals surface area contributed by atoms with E-state index >= 15 is 0 Å². The first kappa shape index (κ1) is 14.1. The first-order valence-corrected chi connectivity index (χ1v) is 7.87. The van der Waals surface area contributed by atoms with E-state index < -0.39 is 0 Å². The van der Waals surface area contributed by atoms with Crippen molar-refractivity contribution in [3.63, 3.8) is 0 Å². The number of para-hydroxylation sites is 2. The van der Waals surface area contributed by atoms with Crippen LogP contribution in [0, 0.1) is 0 Å². The number of thiophene rings is 1. The van der Waals surface area contributed by atoms with Gasteiger partial charge in [0.2, 0.25) is 0 Å². The topological polar surface area (TPSA) is 46.9 Å². The molecule has 0 aliphatic heterocycles. The molecule has 3 aromatic rings. The van der Waals surface area contributed by atoms with E-state index in [0.29, 0.717) is 15.8 Å². The minimum atomic E-state index is -0.0672. The van der Waals surface area contributed by atoms with Gasteiger partial charge in [0.15, 0.2) is 0 Å². The van der Waals surface area contributed by atoms with Gasteiger partial charge in [0.05, 0.1) is 26.6 Å². The van der Waals surface area contributed by atoms with Crippen LogP contribution in [0.2, 0.25) is 4.34 Å². The lowest BCUT2D eigenvalue weighted by molar-refractivity contribution is 0.0957. The molecule has 4 nitrogen and oxygen atoms in total. The summed E-state index contributed by atoms with van der Waals surface area (Å²) in [5.41, 5.74) is 2.11. The van der Waals surface area contributed by atoms with Gasteiger partial charge in [-0.25, -0.2) is 4.98 Å². The summed E-state index contributed by atoms with van der Waals surface area (Å²) in [4.78, 5) is 16.8. The molecule has 0 aliphatic rings. The molecule has 2 aromatic heterocycles. The fourth-order valence-electron chi connectivity index (χ4n) is 2.16. The van der Waals surface area contributed by atoms with Crippen LogP contribution in [0.1, 0.15) is 16.1 Å². The number of hydrogen-bond donors (Lipinski definition) is 1. The predicted octanol–water partition coefficient (Wildman–Crippen LogP) is 3.57. The van der Waals surface area contributed by atoms with Crippen molar-refractivity contribution in [3.05, 3.63) is 51.9 Å². The Labute approximate surface area is 131 Å². The summed E-state index contributed by atoms with van der Waals surface area (Å²) in [6.45, 7) is 1.45. The number of nitrogens with one attached hydrogen (secondary N) is 1. The highest BCUT2D eigenvalue weighted by Gasteiger charge is 2.07. The molecule has 0 spiro atoms. The Morgan fingerprint density at radius 3 is 2.95 bits per heavy atom. The monoisotopic (exact) mass is 319 g/mol. The third-order valence-electron chi connectivity index (χ3n) is 3.19. The van der Waals surface area contributed by atoms with E-state index in [-0.39, 0.29) is 5.91 Å². The molecule has 1 amide bonds. The number of rotatable bonds is 5. The summed E-state index contributed by atoms with van der Waals surface area (Å²) >= 11 is 7.11. The molecule has 0 atom stereocenters. The maximum atomic E-state index is 11.9. The van der Waals surface area contributed by atoms with Crippen molar-refractivity contribution in [2.24, 2.45) is 0 Å². The Morgan fingerprint density at radius 2 is 2.14 bits per heavy atom. The number of halogens is 1. The molecule has 0 fully saturated rings. The number of benzene rings is 1. The number of aromatic nitrogens is 2. The third kappa shape index (κ3) is 3.25. The SMILES string of the molecule is O=C(NCCCn1cnc2ccccc21)c1ccc(Cl)s1. The molecule has 2 heterocycles. The molecule has 21 heavy (non-hydrogen) atoms. The van der Waals surface area contributed by atoms with E-state index in [2.05, 4.69) is 20.9 Å². The van der Waals surface area contributed by atoms with Gasteiger partial charge in [-0.3, -0.25) is 4.79 Å². The van der Waals surface area contributed by atoms with E-state index in [1.54, 1.807) is 12.1 Å². The smallest absolute Gasteiger partial charge is 0.261 e. The van der Waals surface area contributed by atoms with Crippen molar-refractivity contribution in [1.29, 1.82) is 0 Å². The summed E-state index contributed by atoms with van der Waals surface area (Å²) in [6.07, 6.45) is 2.69. The Balaban J connectivity index is 1.51. The standard InChI is InChI=1S/C15H14ClN3OS/c16-14-7-6-13(21-14)15(20)17-8-3-9-19-10-18-11-4-1-2-5-12(11)19/h1-2,4-7,10H,3,8-9H2,(H,17,20). The summed E-state index contributed by atoms with van der Waals surface area (Å²) < 4.78 is 2.73. The van der Waals surface area contributed by atoms with Gasteiger partial charge in [0.25, 0.3) is 5.91 Å². The number of amides is 1. The van der Waals surface area contributed by atoms with E-state index in [1.165, 1.54) is 11.3 Å². The lowest BCUT2D eigenvalue weighted by atomic mass is 10.3. The van der Waals surface area contributed by atoms with Crippen molar-refractivity contribution in [2.75, 3.05) is 6.54 Å². The number of carbonyl (C=O) groups excluding carboxylic acids is 1. The number of aryl methyl sites for hydroxylation is 1. The predicted molar refractivity (Wildman–Crippen MR) is 86.0 cm³/mol. The highest BCUT2D eigenvalue weighted by molar-refractivity contribution is 7.17. The van der Waals surface area contributed by atoms with Gasteiger partial charge in [-0.2, -0.15) is 0 Å². The van der Waals surface area contributed by atoms with E-state index in [1.807, 2.05) is 24.5 Å².